The summed E-state index contributed by atoms with van der Waals surface area (Å²) in [6.07, 6.45) is 0.0650. The number of Topliss-reactive ketones (excluding diaryl/α,β-unsaturated/α-hetero) is 1. The number of carbonyl (C=O) groups is 1. The van der Waals surface area contributed by atoms with Crippen molar-refractivity contribution in [2.75, 3.05) is 7.11 Å². The standard InChI is InChI=1S/C16H14F2O2/c1-20-16-7-6-11(9-15(16)18)8-13(19)10-12-4-2-3-5-14(12)17/h2-7,9H,8,10H2,1H3. The number of carbonyl (C=O) groups excluding carboxylic acids is 1. The van der Waals surface area contributed by atoms with E-state index in [-0.39, 0.29) is 24.4 Å². The first kappa shape index (κ1) is 14.2. The van der Waals surface area contributed by atoms with E-state index in [2.05, 4.69) is 0 Å². The van der Waals surface area contributed by atoms with Gasteiger partial charge in [-0.15, -0.1) is 0 Å². The molecule has 0 aliphatic heterocycles. The lowest BCUT2D eigenvalue weighted by atomic mass is 10.0. The molecule has 2 aromatic carbocycles. The number of halogens is 2. The first-order chi connectivity index (χ1) is 9.60. The summed E-state index contributed by atoms with van der Waals surface area (Å²) >= 11 is 0. The van der Waals surface area contributed by atoms with Gasteiger partial charge < -0.3 is 4.74 Å². The zero-order valence-corrected chi connectivity index (χ0v) is 11.0. The van der Waals surface area contributed by atoms with Gasteiger partial charge in [0.1, 0.15) is 11.6 Å². The molecule has 2 nitrogen and oxygen atoms in total. The zero-order valence-electron chi connectivity index (χ0n) is 11.0. The molecule has 2 aromatic rings. The third-order valence-electron chi connectivity index (χ3n) is 2.96. The van der Waals surface area contributed by atoms with Gasteiger partial charge in [-0.2, -0.15) is 0 Å². The number of methoxy groups -OCH3 is 1. The highest BCUT2D eigenvalue weighted by molar-refractivity contribution is 5.83. The number of ether oxygens (including phenoxy) is 1. The number of hydrogen-bond acceptors (Lipinski definition) is 2. The Hall–Kier alpha value is -2.23. The minimum absolute atomic E-state index is 0.000319. The molecule has 0 fully saturated rings. The van der Waals surface area contributed by atoms with Crippen LogP contribution in [-0.4, -0.2) is 12.9 Å². The van der Waals surface area contributed by atoms with E-state index in [0.717, 1.165) is 0 Å². The fourth-order valence-electron chi connectivity index (χ4n) is 1.96. The van der Waals surface area contributed by atoms with E-state index in [0.29, 0.717) is 11.1 Å². The highest BCUT2D eigenvalue weighted by Crippen LogP contribution is 2.18. The molecule has 4 heteroatoms. The SMILES string of the molecule is COc1ccc(CC(=O)Cc2ccccc2F)cc1F. The Morgan fingerprint density at radius 1 is 1.05 bits per heavy atom. The van der Waals surface area contributed by atoms with Crippen LogP contribution in [0.3, 0.4) is 0 Å². The topological polar surface area (TPSA) is 26.3 Å². The Kier molecular flexibility index (Phi) is 4.45. The van der Waals surface area contributed by atoms with Crippen molar-refractivity contribution >= 4 is 5.78 Å². The molecule has 0 aliphatic rings. The van der Waals surface area contributed by atoms with E-state index in [1.165, 1.54) is 25.3 Å². The van der Waals surface area contributed by atoms with Crippen LogP contribution in [0.15, 0.2) is 42.5 Å². The third kappa shape index (κ3) is 3.41. The Balaban J connectivity index is 2.05. The second-order valence-corrected chi connectivity index (χ2v) is 4.45. The third-order valence-corrected chi connectivity index (χ3v) is 2.96. The molecule has 2 rings (SSSR count). The normalized spacial score (nSPS) is 10.3. The number of ketones is 1. The van der Waals surface area contributed by atoms with Gasteiger partial charge in [-0.25, -0.2) is 8.78 Å². The van der Waals surface area contributed by atoms with Gasteiger partial charge >= 0.3 is 0 Å². The van der Waals surface area contributed by atoms with Gasteiger partial charge in [0.15, 0.2) is 11.6 Å². The van der Waals surface area contributed by atoms with E-state index in [9.17, 15) is 13.6 Å². The quantitative estimate of drug-likeness (QED) is 0.837. The van der Waals surface area contributed by atoms with Crippen LogP contribution in [-0.2, 0) is 17.6 Å². The smallest absolute Gasteiger partial charge is 0.165 e. The van der Waals surface area contributed by atoms with Gasteiger partial charge in [0, 0.05) is 12.8 Å². The second-order valence-electron chi connectivity index (χ2n) is 4.45. The molecule has 0 aromatic heterocycles. The van der Waals surface area contributed by atoms with Crippen molar-refractivity contribution in [3.8, 4) is 5.75 Å². The Morgan fingerprint density at radius 3 is 2.45 bits per heavy atom. The average molecular weight is 276 g/mol. The minimum atomic E-state index is -0.510. The Labute approximate surface area is 116 Å². The molecule has 0 unspecified atom stereocenters. The van der Waals surface area contributed by atoms with Crippen LogP contribution in [0.25, 0.3) is 0 Å². The summed E-state index contributed by atoms with van der Waals surface area (Å²) in [7, 11) is 1.38. The van der Waals surface area contributed by atoms with Gasteiger partial charge in [-0.3, -0.25) is 4.79 Å². The number of rotatable bonds is 5. The molecule has 0 saturated carbocycles. The van der Waals surface area contributed by atoms with Crippen LogP contribution in [0.4, 0.5) is 8.78 Å². The molecular weight excluding hydrogens is 262 g/mol. The molecule has 0 atom stereocenters. The summed E-state index contributed by atoms with van der Waals surface area (Å²) < 4.78 is 31.7. The first-order valence-corrected chi connectivity index (χ1v) is 6.17. The molecule has 0 aliphatic carbocycles. The second kappa shape index (κ2) is 6.28. The Bertz CT molecular complexity index is 624. The van der Waals surface area contributed by atoms with Gasteiger partial charge in [-0.1, -0.05) is 24.3 Å². The summed E-state index contributed by atoms with van der Waals surface area (Å²) in [6.45, 7) is 0. The van der Waals surface area contributed by atoms with Crippen molar-refractivity contribution < 1.29 is 18.3 Å². The fraction of sp³-hybridized carbons (Fsp3) is 0.188. The highest BCUT2D eigenvalue weighted by atomic mass is 19.1. The Morgan fingerprint density at radius 2 is 1.80 bits per heavy atom. The molecule has 20 heavy (non-hydrogen) atoms. The largest absolute Gasteiger partial charge is 0.494 e. The van der Waals surface area contributed by atoms with Crippen molar-refractivity contribution in [1.29, 1.82) is 0 Å². The number of hydrogen-bond donors (Lipinski definition) is 0. The minimum Gasteiger partial charge on any atom is -0.494 e. The lowest BCUT2D eigenvalue weighted by molar-refractivity contribution is -0.117. The lowest BCUT2D eigenvalue weighted by Crippen LogP contribution is -2.08. The highest BCUT2D eigenvalue weighted by Gasteiger charge is 2.10. The predicted molar refractivity (Wildman–Crippen MR) is 71.8 cm³/mol. The van der Waals surface area contributed by atoms with Gasteiger partial charge in [-0.05, 0) is 29.3 Å². The molecule has 0 N–H and O–H groups in total. The number of benzene rings is 2. The summed E-state index contributed by atoms with van der Waals surface area (Å²) in [4.78, 5) is 11.9. The summed E-state index contributed by atoms with van der Waals surface area (Å²) in [5.74, 6) is -0.944. The average Bonchev–Trinajstić information content (AvgIpc) is 2.41. The molecule has 0 bridgehead atoms. The van der Waals surface area contributed by atoms with E-state index >= 15 is 0 Å². The van der Waals surface area contributed by atoms with Crippen LogP contribution in [0.1, 0.15) is 11.1 Å². The van der Waals surface area contributed by atoms with E-state index in [4.69, 9.17) is 4.74 Å². The van der Waals surface area contributed by atoms with Crippen molar-refractivity contribution in [3.63, 3.8) is 0 Å². The van der Waals surface area contributed by atoms with Crippen molar-refractivity contribution in [2.45, 2.75) is 12.8 Å². The molecule has 0 heterocycles. The van der Waals surface area contributed by atoms with Crippen LogP contribution in [0, 0.1) is 11.6 Å². The van der Waals surface area contributed by atoms with Gasteiger partial charge in [0.25, 0.3) is 0 Å². The maximum Gasteiger partial charge on any atom is 0.165 e. The fourth-order valence-corrected chi connectivity index (χ4v) is 1.96. The van der Waals surface area contributed by atoms with Crippen LogP contribution in [0.5, 0.6) is 5.75 Å². The predicted octanol–water partition coefficient (Wildman–Crippen LogP) is 3.33. The van der Waals surface area contributed by atoms with Crippen molar-refractivity contribution in [2.24, 2.45) is 0 Å². The zero-order chi connectivity index (χ0) is 14.5. The van der Waals surface area contributed by atoms with E-state index < -0.39 is 11.6 Å². The monoisotopic (exact) mass is 276 g/mol. The van der Waals surface area contributed by atoms with Crippen molar-refractivity contribution in [1.82, 2.24) is 0 Å². The summed E-state index contributed by atoms with van der Waals surface area (Å²) in [6, 6.07) is 10.5. The maximum atomic E-state index is 13.5. The first-order valence-electron chi connectivity index (χ1n) is 6.17. The lowest BCUT2D eigenvalue weighted by Gasteiger charge is -2.05. The summed E-state index contributed by atoms with van der Waals surface area (Å²) in [5, 5.41) is 0. The molecule has 0 radical (unpaired) electrons. The maximum absolute atomic E-state index is 13.5. The van der Waals surface area contributed by atoms with Crippen LogP contribution < -0.4 is 4.74 Å². The molecule has 104 valence electrons. The molecule has 0 amide bonds. The summed E-state index contributed by atoms with van der Waals surface area (Å²) in [5.41, 5.74) is 0.899. The van der Waals surface area contributed by atoms with Crippen molar-refractivity contribution in [3.05, 3.63) is 65.2 Å². The van der Waals surface area contributed by atoms with Crippen LogP contribution >= 0.6 is 0 Å². The molecule has 0 saturated heterocycles. The van der Waals surface area contributed by atoms with E-state index in [1.807, 2.05) is 0 Å². The molecule has 0 spiro atoms. The van der Waals surface area contributed by atoms with Gasteiger partial charge in [0.05, 0.1) is 7.11 Å². The van der Waals surface area contributed by atoms with Crippen LogP contribution in [0.2, 0.25) is 0 Å². The van der Waals surface area contributed by atoms with Gasteiger partial charge in [0.2, 0.25) is 0 Å². The van der Waals surface area contributed by atoms with E-state index in [1.54, 1.807) is 24.3 Å². The molecular formula is C16H14F2O2.